The van der Waals surface area contributed by atoms with Crippen LogP contribution < -0.4 is 0 Å². The largest absolute Gasteiger partial charge is 0.392 e. The summed E-state index contributed by atoms with van der Waals surface area (Å²) in [4.78, 5) is 0. The van der Waals surface area contributed by atoms with Crippen LogP contribution in [0, 0.1) is 0 Å². The lowest BCUT2D eigenvalue weighted by molar-refractivity contribution is 0.104. The molecular weight excluding hydrogens is 276 g/mol. The standard InChI is InChI=1S/C14H20N2O3S/c17-14-6-3-8-15(11-14)20(18,19)16-9-7-12-4-1-2-5-13(12)10-16/h1-2,4-5,14,17H,3,6-11H2/t14-/m0/s1. The van der Waals surface area contributed by atoms with Gasteiger partial charge in [0.15, 0.2) is 0 Å². The molecule has 0 aromatic heterocycles. The van der Waals surface area contributed by atoms with Crippen molar-refractivity contribution >= 4 is 10.2 Å². The molecule has 20 heavy (non-hydrogen) atoms. The van der Waals surface area contributed by atoms with Crippen LogP contribution in [0.3, 0.4) is 0 Å². The van der Waals surface area contributed by atoms with E-state index in [1.54, 1.807) is 0 Å². The molecule has 0 amide bonds. The molecular formula is C14H20N2O3S. The number of fused-ring (bicyclic) bond motifs is 1. The molecule has 2 aliphatic rings. The number of piperidine rings is 1. The molecule has 0 spiro atoms. The maximum Gasteiger partial charge on any atom is 0.282 e. The second-order valence-electron chi connectivity index (χ2n) is 5.51. The van der Waals surface area contributed by atoms with Crippen molar-refractivity contribution in [2.75, 3.05) is 19.6 Å². The summed E-state index contributed by atoms with van der Waals surface area (Å²) >= 11 is 0. The van der Waals surface area contributed by atoms with Gasteiger partial charge in [-0.3, -0.25) is 0 Å². The molecule has 110 valence electrons. The normalized spacial score (nSPS) is 25.4. The number of hydrogen-bond acceptors (Lipinski definition) is 3. The average Bonchev–Trinajstić information content (AvgIpc) is 2.46. The van der Waals surface area contributed by atoms with Crippen LogP contribution in [-0.4, -0.2) is 47.9 Å². The summed E-state index contributed by atoms with van der Waals surface area (Å²) in [7, 11) is -3.45. The van der Waals surface area contributed by atoms with E-state index >= 15 is 0 Å². The van der Waals surface area contributed by atoms with Gasteiger partial charge in [-0.25, -0.2) is 0 Å². The third kappa shape index (κ3) is 2.61. The maximum atomic E-state index is 12.6. The SMILES string of the molecule is O=S(=O)(N1CCc2ccccc2C1)N1CCC[C@H](O)C1. The second kappa shape index (κ2) is 5.44. The average molecular weight is 296 g/mol. The fourth-order valence-corrected chi connectivity index (χ4v) is 4.63. The van der Waals surface area contributed by atoms with Crippen molar-refractivity contribution in [2.45, 2.75) is 31.9 Å². The van der Waals surface area contributed by atoms with Gasteiger partial charge in [-0.2, -0.15) is 17.0 Å². The van der Waals surface area contributed by atoms with Gasteiger partial charge < -0.3 is 5.11 Å². The first kappa shape index (κ1) is 14.0. The van der Waals surface area contributed by atoms with Gasteiger partial charge >= 0.3 is 0 Å². The van der Waals surface area contributed by atoms with Crippen LogP contribution in [0.25, 0.3) is 0 Å². The molecule has 1 aromatic carbocycles. The van der Waals surface area contributed by atoms with Gasteiger partial charge in [-0.1, -0.05) is 24.3 Å². The van der Waals surface area contributed by atoms with Crippen molar-refractivity contribution in [3.05, 3.63) is 35.4 Å². The summed E-state index contributed by atoms with van der Waals surface area (Å²) in [5.41, 5.74) is 2.32. The van der Waals surface area contributed by atoms with Gasteiger partial charge in [0.1, 0.15) is 0 Å². The van der Waals surface area contributed by atoms with Crippen molar-refractivity contribution in [1.82, 2.24) is 8.61 Å². The molecule has 2 aliphatic heterocycles. The van der Waals surface area contributed by atoms with Gasteiger partial charge in [-0.05, 0) is 30.4 Å². The van der Waals surface area contributed by atoms with E-state index in [-0.39, 0.29) is 6.54 Å². The number of β-amino-alcohol motifs (C(OH)–C–C–N with tert-alkyl or cyclic N) is 1. The first-order chi connectivity index (χ1) is 9.57. The first-order valence-electron chi connectivity index (χ1n) is 7.07. The van der Waals surface area contributed by atoms with E-state index in [9.17, 15) is 13.5 Å². The van der Waals surface area contributed by atoms with Gasteiger partial charge in [0, 0.05) is 26.2 Å². The Hall–Kier alpha value is -0.950. The predicted molar refractivity (Wildman–Crippen MR) is 76.3 cm³/mol. The van der Waals surface area contributed by atoms with E-state index in [0.717, 1.165) is 18.4 Å². The molecule has 1 fully saturated rings. The van der Waals surface area contributed by atoms with Gasteiger partial charge in [0.2, 0.25) is 0 Å². The predicted octanol–water partition coefficient (Wildman–Crippen LogP) is 0.746. The molecule has 1 aromatic rings. The third-order valence-corrected chi connectivity index (χ3v) is 6.06. The zero-order chi connectivity index (χ0) is 14.2. The maximum absolute atomic E-state index is 12.6. The van der Waals surface area contributed by atoms with E-state index in [1.807, 2.05) is 18.2 Å². The van der Waals surface area contributed by atoms with Crippen molar-refractivity contribution < 1.29 is 13.5 Å². The van der Waals surface area contributed by atoms with Crippen molar-refractivity contribution in [2.24, 2.45) is 0 Å². The highest BCUT2D eigenvalue weighted by Gasteiger charge is 2.34. The van der Waals surface area contributed by atoms with Crippen molar-refractivity contribution in [3.63, 3.8) is 0 Å². The van der Waals surface area contributed by atoms with Crippen LogP contribution in [0.5, 0.6) is 0 Å². The molecule has 3 rings (SSSR count). The molecule has 1 saturated heterocycles. The van der Waals surface area contributed by atoms with Crippen LogP contribution >= 0.6 is 0 Å². The lowest BCUT2D eigenvalue weighted by Gasteiger charge is -2.36. The Balaban J connectivity index is 1.79. The summed E-state index contributed by atoms with van der Waals surface area (Å²) in [6.45, 7) is 1.69. The van der Waals surface area contributed by atoms with Crippen LogP contribution in [0.15, 0.2) is 24.3 Å². The Kier molecular flexibility index (Phi) is 3.81. The monoisotopic (exact) mass is 296 g/mol. The number of aliphatic hydroxyl groups excluding tert-OH is 1. The molecule has 0 bridgehead atoms. The molecule has 0 aliphatic carbocycles. The van der Waals surface area contributed by atoms with Gasteiger partial charge in [0.25, 0.3) is 10.2 Å². The summed E-state index contributed by atoms with van der Waals surface area (Å²) in [5.74, 6) is 0. The summed E-state index contributed by atoms with van der Waals surface area (Å²) in [6.07, 6.45) is 1.64. The van der Waals surface area contributed by atoms with Crippen LogP contribution in [0.1, 0.15) is 24.0 Å². The Morgan fingerprint density at radius 2 is 1.85 bits per heavy atom. The minimum absolute atomic E-state index is 0.223. The van der Waals surface area contributed by atoms with Crippen LogP contribution in [0.4, 0.5) is 0 Å². The molecule has 0 saturated carbocycles. The van der Waals surface area contributed by atoms with Gasteiger partial charge in [0.05, 0.1) is 6.10 Å². The number of benzene rings is 1. The molecule has 2 heterocycles. The van der Waals surface area contributed by atoms with Crippen molar-refractivity contribution in [3.8, 4) is 0 Å². The minimum atomic E-state index is -3.45. The quantitative estimate of drug-likeness (QED) is 0.876. The second-order valence-corrected chi connectivity index (χ2v) is 7.44. The van der Waals surface area contributed by atoms with Crippen LogP contribution in [-0.2, 0) is 23.2 Å². The zero-order valence-corrected chi connectivity index (χ0v) is 12.2. The Labute approximate surface area is 120 Å². The van der Waals surface area contributed by atoms with E-state index in [0.29, 0.717) is 26.1 Å². The topological polar surface area (TPSA) is 60.9 Å². The Bertz CT molecular complexity index is 588. The van der Waals surface area contributed by atoms with E-state index in [4.69, 9.17) is 0 Å². The number of hydrogen-bond donors (Lipinski definition) is 1. The highest BCUT2D eigenvalue weighted by atomic mass is 32.2. The lowest BCUT2D eigenvalue weighted by Crippen LogP contribution is -2.50. The zero-order valence-electron chi connectivity index (χ0n) is 11.4. The molecule has 1 N–H and O–H groups in total. The van der Waals surface area contributed by atoms with Crippen LogP contribution in [0.2, 0.25) is 0 Å². The molecule has 5 nitrogen and oxygen atoms in total. The first-order valence-corrected chi connectivity index (χ1v) is 8.47. The fraction of sp³-hybridized carbons (Fsp3) is 0.571. The minimum Gasteiger partial charge on any atom is -0.392 e. The highest BCUT2D eigenvalue weighted by Crippen LogP contribution is 2.24. The molecule has 1 atom stereocenters. The Morgan fingerprint density at radius 3 is 2.60 bits per heavy atom. The lowest BCUT2D eigenvalue weighted by atomic mass is 10.0. The van der Waals surface area contributed by atoms with E-state index in [2.05, 4.69) is 6.07 Å². The smallest absolute Gasteiger partial charge is 0.282 e. The number of nitrogens with zero attached hydrogens (tertiary/aromatic N) is 2. The number of aliphatic hydroxyl groups is 1. The number of rotatable bonds is 2. The van der Waals surface area contributed by atoms with Gasteiger partial charge in [-0.15, -0.1) is 0 Å². The Morgan fingerprint density at radius 1 is 1.10 bits per heavy atom. The van der Waals surface area contributed by atoms with E-state index in [1.165, 1.54) is 14.2 Å². The fourth-order valence-electron chi connectivity index (χ4n) is 2.96. The molecule has 0 radical (unpaired) electrons. The summed E-state index contributed by atoms with van der Waals surface area (Å²) in [5, 5.41) is 9.67. The summed E-state index contributed by atoms with van der Waals surface area (Å²) in [6, 6.07) is 7.98. The third-order valence-electron chi connectivity index (χ3n) is 4.11. The van der Waals surface area contributed by atoms with E-state index < -0.39 is 16.3 Å². The molecule has 6 heteroatoms. The van der Waals surface area contributed by atoms with Crippen molar-refractivity contribution in [1.29, 1.82) is 0 Å². The summed E-state index contributed by atoms with van der Waals surface area (Å²) < 4.78 is 28.2. The highest BCUT2D eigenvalue weighted by molar-refractivity contribution is 7.86. The molecule has 0 unspecified atom stereocenters.